The second-order valence-corrected chi connectivity index (χ2v) is 4.69. The minimum atomic E-state index is 0.366. The first kappa shape index (κ1) is 11.3. The number of ether oxygens (including phenoxy) is 2. The van der Waals surface area contributed by atoms with Gasteiger partial charge in [0.25, 0.3) is 0 Å². The van der Waals surface area contributed by atoms with E-state index in [1.807, 2.05) is 0 Å². The number of likely N-dealkylation sites (N-methyl/N-ethyl adjacent to an activating group) is 1. The lowest BCUT2D eigenvalue weighted by Gasteiger charge is -2.37. The standard InChI is InChI=1S/C11H22N2O2/c1-13-3-4-15-11(8-13)7-12-9-5-10(6-9)14-2/h9-12H,3-8H2,1-2H3. The van der Waals surface area contributed by atoms with E-state index in [-0.39, 0.29) is 0 Å². The molecule has 0 aromatic heterocycles. The molecule has 0 aromatic rings. The molecule has 15 heavy (non-hydrogen) atoms. The average molecular weight is 214 g/mol. The van der Waals surface area contributed by atoms with Crippen LogP contribution in [0.4, 0.5) is 0 Å². The maximum Gasteiger partial charge on any atom is 0.0826 e. The molecule has 1 atom stereocenters. The summed E-state index contributed by atoms with van der Waals surface area (Å²) in [6, 6.07) is 0.644. The van der Waals surface area contributed by atoms with Gasteiger partial charge in [0.2, 0.25) is 0 Å². The van der Waals surface area contributed by atoms with Crippen molar-refractivity contribution >= 4 is 0 Å². The number of nitrogens with one attached hydrogen (secondary N) is 1. The van der Waals surface area contributed by atoms with E-state index in [1.165, 1.54) is 0 Å². The number of hydrogen-bond donors (Lipinski definition) is 1. The van der Waals surface area contributed by atoms with E-state index < -0.39 is 0 Å². The van der Waals surface area contributed by atoms with E-state index >= 15 is 0 Å². The second kappa shape index (κ2) is 5.25. The number of nitrogens with zero attached hydrogens (tertiary/aromatic N) is 1. The summed E-state index contributed by atoms with van der Waals surface area (Å²) in [5, 5.41) is 3.54. The molecule has 2 fully saturated rings. The van der Waals surface area contributed by atoms with Gasteiger partial charge in [0, 0.05) is 32.8 Å². The fourth-order valence-electron chi connectivity index (χ4n) is 2.21. The Balaban J connectivity index is 1.58. The second-order valence-electron chi connectivity index (χ2n) is 4.69. The third-order valence-corrected chi connectivity index (χ3v) is 3.40. The fourth-order valence-corrected chi connectivity index (χ4v) is 2.21. The Morgan fingerprint density at radius 2 is 2.27 bits per heavy atom. The van der Waals surface area contributed by atoms with Gasteiger partial charge < -0.3 is 19.7 Å². The van der Waals surface area contributed by atoms with Crippen LogP contribution in [0.1, 0.15) is 12.8 Å². The molecule has 1 N–H and O–H groups in total. The Labute approximate surface area is 91.9 Å². The van der Waals surface area contributed by atoms with E-state index in [0.717, 1.165) is 39.1 Å². The van der Waals surface area contributed by atoms with Crippen LogP contribution in [0.3, 0.4) is 0 Å². The van der Waals surface area contributed by atoms with Gasteiger partial charge in [-0.3, -0.25) is 0 Å². The van der Waals surface area contributed by atoms with Crippen molar-refractivity contribution in [1.82, 2.24) is 10.2 Å². The zero-order valence-electron chi connectivity index (χ0n) is 9.74. The highest BCUT2D eigenvalue weighted by Crippen LogP contribution is 2.22. The molecule has 1 aliphatic carbocycles. The van der Waals surface area contributed by atoms with Crippen LogP contribution in [0.2, 0.25) is 0 Å². The lowest BCUT2D eigenvalue weighted by atomic mass is 9.89. The van der Waals surface area contributed by atoms with Crippen molar-refractivity contribution in [3.05, 3.63) is 0 Å². The van der Waals surface area contributed by atoms with Crippen LogP contribution in [0.25, 0.3) is 0 Å². The molecule has 1 saturated carbocycles. The van der Waals surface area contributed by atoms with Crippen molar-refractivity contribution in [3.8, 4) is 0 Å². The highest BCUT2D eigenvalue weighted by atomic mass is 16.5. The Hall–Kier alpha value is -0.160. The Bertz CT molecular complexity index is 195. The van der Waals surface area contributed by atoms with Gasteiger partial charge in [-0.2, -0.15) is 0 Å². The van der Waals surface area contributed by atoms with Crippen LogP contribution in [0, 0.1) is 0 Å². The summed E-state index contributed by atoms with van der Waals surface area (Å²) in [5.74, 6) is 0. The minimum absolute atomic E-state index is 0.366. The van der Waals surface area contributed by atoms with E-state index in [9.17, 15) is 0 Å². The normalized spacial score (nSPS) is 37.6. The molecule has 0 radical (unpaired) electrons. The maximum atomic E-state index is 5.69. The lowest BCUT2D eigenvalue weighted by Crippen LogP contribution is -2.51. The zero-order valence-corrected chi connectivity index (χ0v) is 9.74. The van der Waals surface area contributed by atoms with Crippen LogP contribution in [-0.4, -0.2) is 63.5 Å². The highest BCUT2D eigenvalue weighted by Gasteiger charge is 2.29. The van der Waals surface area contributed by atoms with E-state index in [0.29, 0.717) is 18.2 Å². The number of hydrogen-bond acceptors (Lipinski definition) is 4. The van der Waals surface area contributed by atoms with Crippen molar-refractivity contribution in [3.63, 3.8) is 0 Å². The summed E-state index contributed by atoms with van der Waals surface area (Å²) in [4.78, 5) is 2.33. The molecule has 1 aliphatic heterocycles. The molecule has 1 heterocycles. The van der Waals surface area contributed by atoms with E-state index in [2.05, 4.69) is 17.3 Å². The summed E-state index contributed by atoms with van der Waals surface area (Å²) in [7, 11) is 3.94. The van der Waals surface area contributed by atoms with Crippen LogP contribution in [0.5, 0.6) is 0 Å². The van der Waals surface area contributed by atoms with E-state index in [4.69, 9.17) is 9.47 Å². The van der Waals surface area contributed by atoms with Crippen LogP contribution < -0.4 is 5.32 Å². The minimum Gasteiger partial charge on any atom is -0.381 e. The molecule has 0 bridgehead atoms. The molecule has 2 rings (SSSR count). The summed E-state index contributed by atoms with van der Waals surface area (Å²) in [6.07, 6.45) is 3.15. The molecule has 4 heteroatoms. The topological polar surface area (TPSA) is 33.7 Å². The van der Waals surface area contributed by atoms with Gasteiger partial charge in [0.05, 0.1) is 18.8 Å². The van der Waals surface area contributed by atoms with Gasteiger partial charge in [-0.1, -0.05) is 0 Å². The summed E-state index contributed by atoms with van der Waals surface area (Å²) < 4.78 is 10.9. The third-order valence-electron chi connectivity index (χ3n) is 3.40. The van der Waals surface area contributed by atoms with Crippen LogP contribution in [-0.2, 0) is 9.47 Å². The number of methoxy groups -OCH3 is 1. The van der Waals surface area contributed by atoms with Gasteiger partial charge in [-0.15, -0.1) is 0 Å². The van der Waals surface area contributed by atoms with Gasteiger partial charge >= 0.3 is 0 Å². The van der Waals surface area contributed by atoms with Crippen LogP contribution >= 0.6 is 0 Å². The van der Waals surface area contributed by atoms with Crippen molar-refractivity contribution in [2.24, 2.45) is 0 Å². The molecule has 1 unspecified atom stereocenters. The molecule has 0 amide bonds. The fraction of sp³-hybridized carbons (Fsp3) is 1.00. The predicted molar refractivity (Wildman–Crippen MR) is 59.1 cm³/mol. The largest absolute Gasteiger partial charge is 0.381 e. The summed E-state index contributed by atoms with van der Waals surface area (Å²) in [6.45, 7) is 3.96. The zero-order chi connectivity index (χ0) is 10.7. The first-order valence-corrected chi connectivity index (χ1v) is 5.84. The Kier molecular flexibility index (Phi) is 3.97. The van der Waals surface area contributed by atoms with Gasteiger partial charge in [-0.25, -0.2) is 0 Å². The monoisotopic (exact) mass is 214 g/mol. The molecule has 2 aliphatic rings. The highest BCUT2D eigenvalue weighted by molar-refractivity contribution is 4.86. The molecule has 88 valence electrons. The van der Waals surface area contributed by atoms with Crippen molar-refractivity contribution in [1.29, 1.82) is 0 Å². The Morgan fingerprint density at radius 1 is 1.47 bits per heavy atom. The SMILES string of the molecule is COC1CC(NCC2CN(C)CCO2)C1. The molecule has 4 nitrogen and oxygen atoms in total. The summed E-state index contributed by atoms with van der Waals surface area (Å²) >= 11 is 0. The number of morpholine rings is 1. The molecule has 1 saturated heterocycles. The van der Waals surface area contributed by atoms with Crippen molar-refractivity contribution in [2.75, 3.05) is 40.4 Å². The quantitative estimate of drug-likeness (QED) is 0.719. The van der Waals surface area contributed by atoms with Gasteiger partial charge in [0.15, 0.2) is 0 Å². The summed E-state index contributed by atoms with van der Waals surface area (Å²) in [5.41, 5.74) is 0. The van der Waals surface area contributed by atoms with E-state index in [1.54, 1.807) is 7.11 Å². The predicted octanol–water partition coefficient (Wildman–Crippen LogP) is 0.0840. The van der Waals surface area contributed by atoms with Gasteiger partial charge in [0.1, 0.15) is 0 Å². The molecular weight excluding hydrogens is 192 g/mol. The van der Waals surface area contributed by atoms with Crippen molar-refractivity contribution < 1.29 is 9.47 Å². The lowest BCUT2D eigenvalue weighted by molar-refractivity contribution is -0.0281. The average Bonchev–Trinajstić information content (AvgIpc) is 2.16. The number of rotatable bonds is 4. The first-order chi connectivity index (χ1) is 7.28. The third kappa shape index (κ3) is 3.14. The molecular formula is C11H22N2O2. The maximum absolute atomic E-state index is 5.69. The van der Waals surface area contributed by atoms with Gasteiger partial charge in [-0.05, 0) is 19.9 Å². The smallest absolute Gasteiger partial charge is 0.0826 e. The van der Waals surface area contributed by atoms with Crippen molar-refractivity contribution in [2.45, 2.75) is 31.1 Å². The van der Waals surface area contributed by atoms with Crippen LogP contribution in [0.15, 0.2) is 0 Å². The first-order valence-electron chi connectivity index (χ1n) is 5.84. The Morgan fingerprint density at radius 3 is 2.93 bits per heavy atom. The molecule has 0 spiro atoms. The molecule has 0 aromatic carbocycles.